The van der Waals surface area contributed by atoms with Crippen LogP contribution in [0.25, 0.3) is 0 Å². The number of unbranched alkanes of at least 4 members (excludes halogenated alkanes) is 3. The highest BCUT2D eigenvalue weighted by molar-refractivity contribution is 5.28. The van der Waals surface area contributed by atoms with Gasteiger partial charge in [-0.05, 0) is 30.7 Å². The largest absolute Gasteiger partial charge is 0.494 e. The molecule has 0 aliphatic carbocycles. The molecule has 0 saturated heterocycles. The van der Waals surface area contributed by atoms with Gasteiger partial charge in [0.05, 0.1) is 12.2 Å². The smallest absolute Gasteiger partial charge is 0.416 e. The summed E-state index contributed by atoms with van der Waals surface area (Å²) in [5, 5.41) is 0. The fraction of sp³-hybridized carbons (Fsp3) is 0.462. The molecule has 0 aliphatic heterocycles. The molecule has 4 heteroatoms. The minimum Gasteiger partial charge on any atom is -0.494 e. The highest BCUT2D eigenvalue weighted by atomic mass is 19.4. The fourth-order valence-corrected chi connectivity index (χ4v) is 1.39. The Kier molecular flexibility index (Phi) is 5.32. The molecule has 17 heavy (non-hydrogen) atoms. The lowest BCUT2D eigenvalue weighted by atomic mass is 10.2. The summed E-state index contributed by atoms with van der Waals surface area (Å²) in [7, 11) is 0. The second-order valence-electron chi connectivity index (χ2n) is 3.78. The third kappa shape index (κ3) is 5.11. The zero-order valence-electron chi connectivity index (χ0n) is 9.59. The molecule has 1 radical (unpaired) electrons. The van der Waals surface area contributed by atoms with Crippen molar-refractivity contribution in [1.29, 1.82) is 0 Å². The quantitative estimate of drug-likeness (QED) is 0.671. The van der Waals surface area contributed by atoms with Gasteiger partial charge in [0.15, 0.2) is 0 Å². The van der Waals surface area contributed by atoms with Gasteiger partial charge in [-0.15, -0.1) is 0 Å². The number of alkyl halides is 3. The summed E-state index contributed by atoms with van der Waals surface area (Å²) in [4.78, 5) is 0. The first-order valence-corrected chi connectivity index (χ1v) is 5.63. The molecule has 0 unspecified atom stereocenters. The summed E-state index contributed by atoms with van der Waals surface area (Å²) in [6.07, 6.45) is -0.399. The van der Waals surface area contributed by atoms with Crippen LogP contribution in [0.2, 0.25) is 0 Å². The lowest BCUT2D eigenvalue weighted by Gasteiger charge is -2.09. The molecular formula is C13H16F3O. The van der Waals surface area contributed by atoms with Gasteiger partial charge >= 0.3 is 6.18 Å². The first-order chi connectivity index (χ1) is 8.04. The number of rotatable bonds is 6. The summed E-state index contributed by atoms with van der Waals surface area (Å²) in [5.74, 6) is 0.479. The van der Waals surface area contributed by atoms with E-state index in [0.29, 0.717) is 12.4 Å². The number of hydrogen-bond donors (Lipinski definition) is 0. The van der Waals surface area contributed by atoms with Crippen molar-refractivity contribution in [3.05, 3.63) is 36.8 Å². The van der Waals surface area contributed by atoms with Crippen LogP contribution in [0.3, 0.4) is 0 Å². The van der Waals surface area contributed by atoms with E-state index in [1.165, 1.54) is 12.1 Å². The van der Waals surface area contributed by atoms with E-state index >= 15 is 0 Å². The maximum atomic E-state index is 12.3. The van der Waals surface area contributed by atoms with Crippen molar-refractivity contribution in [3.63, 3.8) is 0 Å². The Morgan fingerprint density at radius 1 is 1.00 bits per heavy atom. The minimum absolute atomic E-state index is 0.479. The van der Waals surface area contributed by atoms with Crippen LogP contribution in [0.4, 0.5) is 13.2 Å². The summed E-state index contributed by atoms with van der Waals surface area (Å²) in [6.45, 7) is 4.26. The molecule has 0 fully saturated rings. The van der Waals surface area contributed by atoms with Gasteiger partial charge in [0, 0.05) is 0 Å². The van der Waals surface area contributed by atoms with Crippen LogP contribution in [0, 0.1) is 6.92 Å². The monoisotopic (exact) mass is 245 g/mol. The minimum atomic E-state index is -4.29. The van der Waals surface area contributed by atoms with E-state index in [1.807, 2.05) is 0 Å². The highest BCUT2D eigenvalue weighted by Gasteiger charge is 2.29. The second kappa shape index (κ2) is 6.52. The van der Waals surface area contributed by atoms with E-state index in [-0.39, 0.29) is 0 Å². The lowest BCUT2D eigenvalue weighted by molar-refractivity contribution is -0.137. The van der Waals surface area contributed by atoms with Crippen LogP contribution in [0.1, 0.15) is 31.2 Å². The van der Waals surface area contributed by atoms with Crippen LogP contribution < -0.4 is 4.74 Å². The maximum absolute atomic E-state index is 12.3. The molecule has 1 nitrogen and oxygen atoms in total. The first kappa shape index (κ1) is 13.9. The highest BCUT2D eigenvalue weighted by Crippen LogP contribution is 2.30. The molecule has 95 valence electrons. The SMILES string of the molecule is [CH2]CCCCCOc1ccc(C(F)(F)F)cc1. The molecule has 0 bridgehead atoms. The van der Waals surface area contributed by atoms with Crippen molar-refractivity contribution >= 4 is 0 Å². The van der Waals surface area contributed by atoms with Crippen molar-refractivity contribution < 1.29 is 17.9 Å². The fourth-order valence-electron chi connectivity index (χ4n) is 1.39. The van der Waals surface area contributed by atoms with Crippen LogP contribution in [0.5, 0.6) is 5.75 Å². The Labute approximate surface area is 99.6 Å². The molecule has 0 saturated carbocycles. The zero-order valence-corrected chi connectivity index (χ0v) is 9.59. The number of ether oxygens (including phenoxy) is 1. The molecule has 0 amide bonds. The van der Waals surface area contributed by atoms with Crippen molar-refractivity contribution in [3.8, 4) is 5.75 Å². The Morgan fingerprint density at radius 2 is 1.65 bits per heavy atom. The normalized spacial score (nSPS) is 11.5. The Hall–Kier alpha value is -1.19. The molecule has 1 rings (SSSR count). The average molecular weight is 245 g/mol. The van der Waals surface area contributed by atoms with Gasteiger partial charge in [-0.1, -0.05) is 26.2 Å². The van der Waals surface area contributed by atoms with Crippen LogP contribution in [-0.4, -0.2) is 6.61 Å². The van der Waals surface area contributed by atoms with Crippen LogP contribution >= 0.6 is 0 Å². The van der Waals surface area contributed by atoms with Crippen molar-refractivity contribution in [1.82, 2.24) is 0 Å². The van der Waals surface area contributed by atoms with Gasteiger partial charge in [0.25, 0.3) is 0 Å². The van der Waals surface area contributed by atoms with E-state index in [1.54, 1.807) is 0 Å². The average Bonchev–Trinajstić information content (AvgIpc) is 2.28. The van der Waals surface area contributed by atoms with Crippen LogP contribution in [0.15, 0.2) is 24.3 Å². The molecule has 1 aromatic rings. The van der Waals surface area contributed by atoms with Gasteiger partial charge in [0.2, 0.25) is 0 Å². The van der Waals surface area contributed by atoms with Crippen molar-refractivity contribution in [2.45, 2.75) is 31.9 Å². The number of benzene rings is 1. The number of hydrogen-bond acceptors (Lipinski definition) is 1. The summed E-state index contributed by atoms with van der Waals surface area (Å²) in [6, 6.07) is 4.77. The Bertz CT molecular complexity index is 316. The predicted molar refractivity (Wildman–Crippen MR) is 60.8 cm³/mol. The topological polar surface area (TPSA) is 9.23 Å². The van der Waals surface area contributed by atoms with Gasteiger partial charge in [0.1, 0.15) is 5.75 Å². The van der Waals surface area contributed by atoms with Crippen molar-refractivity contribution in [2.75, 3.05) is 6.61 Å². The predicted octanol–water partition coefficient (Wildman–Crippen LogP) is 4.48. The van der Waals surface area contributed by atoms with Gasteiger partial charge in [-0.2, -0.15) is 13.2 Å². The molecule has 0 aliphatic rings. The number of halogens is 3. The lowest BCUT2D eigenvalue weighted by Crippen LogP contribution is -2.04. The van der Waals surface area contributed by atoms with E-state index in [2.05, 4.69) is 6.92 Å². The molecule has 0 spiro atoms. The van der Waals surface area contributed by atoms with E-state index in [9.17, 15) is 13.2 Å². The molecule has 0 N–H and O–H groups in total. The second-order valence-corrected chi connectivity index (χ2v) is 3.78. The Morgan fingerprint density at radius 3 is 2.18 bits per heavy atom. The van der Waals surface area contributed by atoms with Gasteiger partial charge < -0.3 is 4.74 Å². The van der Waals surface area contributed by atoms with E-state index < -0.39 is 11.7 Å². The van der Waals surface area contributed by atoms with Gasteiger partial charge in [-0.3, -0.25) is 0 Å². The molecule has 0 heterocycles. The molecular weight excluding hydrogens is 229 g/mol. The van der Waals surface area contributed by atoms with Gasteiger partial charge in [-0.25, -0.2) is 0 Å². The third-order valence-corrected chi connectivity index (χ3v) is 2.34. The maximum Gasteiger partial charge on any atom is 0.416 e. The van der Waals surface area contributed by atoms with Crippen LogP contribution in [-0.2, 0) is 6.18 Å². The molecule has 1 aromatic carbocycles. The van der Waals surface area contributed by atoms with E-state index in [4.69, 9.17) is 4.74 Å². The Balaban J connectivity index is 2.36. The standard InChI is InChI=1S/C13H16F3O/c1-2-3-4-5-10-17-12-8-6-11(7-9-12)13(14,15)16/h6-9H,1-5,10H2. The van der Waals surface area contributed by atoms with E-state index in [0.717, 1.165) is 37.8 Å². The summed E-state index contributed by atoms with van der Waals surface area (Å²) in [5.41, 5.74) is -0.651. The zero-order chi connectivity index (χ0) is 12.7. The third-order valence-electron chi connectivity index (χ3n) is 2.34. The summed E-state index contributed by atoms with van der Waals surface area (Å²) >= 11 is 0. The molecule has 0 aromatic heterocycles. The molecule has 0 atom stereocenters. The summed E-state index contributed by atoms with van der Waals surface area (Å²) < 4.78 is 42.1. The van der Waals surface area contributed by atoms with Crippen molar-refractivity contribution in [2.24, 2.45) is 0 Å². The first-order valence-electron chi connectivity index (χ1n) is 5.63.